The van der Waals surface area contributed by atoms with E-state index in [-0.39, 0.29) is 0 Å². The molecule has 0 spiro atoms. The number of anilines is 1. The van der Waals surface area contributed by atoms with Gasteiger partial charge in [0.25, 0.3) is 5.91 Å². The van der Waals surface area contributed by atoms with Gasteiger partial charge in [-0.05, 0) is 48.9 Å². The minimum atomic E-state index is -0.622. The lowest BCUT2D eigenvalue weighted by atomic mass is 10.1. The molecule has 0 saturated carbocycles. The molecule has 0 atom stereocenters. The second kappa shape index (κ2) is 8.66. The summed E-state index contributed by atoms with van der Waals surface area (Å²) in [5.74, 6) is -1.04. The number of carbonyl (C=O) groups is 3. The van der Waals surface area contributed by atoms with Gasteiger partial charge in [0.15, 0.2) is 6.61 Å². The van der Waals surface area contributed by atoms with Crippen molar-refractivity contribution in [3.63, 3.8) is 0 Å². The zero-order valence-electron chi connectivity index (χ0n) is 14.7. The van der Waals surface area contributed by atoms with Crippen molar-refractivity contribution in [3.8, 4) is 5.75 Å². The van der Waals surface area contributed by atoms with Gasteiger partial charge in [0, 0.05) is 5.69 Å². The highest BCUT2D eigenvalue weighted by molar-refractivity contribution is 5.97. The Bertz CT molecular complexity index is 813. The summed E-state index contributed by atoms with van der Waals surface area (Å²) >= 11 is 0. The van der Waals surface area contributed by atoms with Crippen LogP contribution in [0.5, 0.6) is 5.75 Å². The Morgan fingerprint density at radius 1 is 0.923 bits per heavy atom. The molecule has 0 radical (unpaired) electrons. The van der Waals surface area contributed by atoms with Crippen LogP contribution in [-0.4, -0.2) is 38.7 Å². The van der Waals surface area contributed by atoms with Crippen molar-refractivity contribution in [2.45, 2.75) is 6.92 Å². The van der Waals surface area contributed by atoms with Crippen molar-refractivity contribution in [3.05, 3.63) is 59.2 Å². The van der Waals surface area contributed by atoms with Crippen LogP contribution in [-0.2, 0) is 14.3 Å². The molecule has 2 aromatic carbocycles. The van der Waals surface area contributed by atoms with Gasteiger partial charge in [0.05, 0.1) is 25.3 Å². The molecule has 136 valence electrons. The number of rotatable bonds is 6. The molecule has 1 N–H and O–H groups in total. The Labute approximate surface area is 150 Å². The summed E-state index contributed by atoms with van der Waals surface area (Å²) in [7, 11) is 2.80. The number of nitrogens with one attached hydrogen (secondary N) is 1. The van der Waals surface area contributed by atoms with E-state index in [2.05, 4.69) is 10.1 Å². The Balaban J connectivity index is 1.96. The molecule has 0 saturated heterocycles. The van der Waals surface area contributed by atoms with Crippen LogP contribution in [0.2, 0.25) is 0 Å². The molecule has 0 aliphatic heterocycles. The lowest BCUT2D eigenvalue weighted by Crippen LogP contribution is -2.21. The molecule has 0 unspecified atom stereocenters. The lowest BCUT2D eigenvalue weighted by Gasteiger charge is -2.10. The van der Waals surface area contributed by atoms with Gasteiger partial charge in [0.2, 0.25) is 0 Å². The van der Waals surface area contributed by atoms with E-state index in [9.17, 15) is 14.4 Å². The standard InChI is InChI=1S/C19H19NO6/c1-12-4-5-14(18(22)25-3)10-16(12)20-17(21)11-26-19(23)13-6-8-15(24-2)9-7-13/h4-10H,11H2,1-3H3,(H,20,21). The summed E-state index contributed by atoms with van der Waals surface area (Å²) in [6.07, 6.45) is 0. The van der Waals surface area contributed by atoms with Gasteiger partial charge in [-0.3, -0.25) is 4.79 Å². The van der Waals surface area contributed by atoms with Gasteiger partial charge in [0.1, 0.15) is 5.75 Å². The van der Waals surface area contributed by atoms with Crippen LogP contribution in [0.15, 0.2) is 42.5 Å². The normalized spacial score (nSPS) is 9.96. The van der Waals surface area contributed by atoms with Gasteiger partial charge in [-0.1, -0.05) is 6.07 Å². The number of methoxy groups -OCH3 is 2. The fourth-order valence-electron chi connectivity index (χ4n) is 2.13. The summed E-state index contributed by atoms with van der Waals surface area (Å²) in [6, 6.07) is 11.1. The molecule has 0 bridgehead atoms. The van der Waals surface area contributed by atoms with E-state index in [1.807, 2.05) is 0 Å². The molecule has 1 amide bonds. The predicted octanol–water partition coefficient (Wildman–Crippen LogP) is 2.59. The summed E-state index contributed by atoms with van der Waals surface area (Å²) in [4.78, 5) is 35.5. The van der Waals surface area contributed by atoms with E-state index in [1.54, 1.807) is 43.3 Å². The van der Waals surface area contributed by atoms with Gasteiger partial charge in [-0.2, -0.15) is 0 Å². The number of amides is 1. The monoisotopic (exact) mass is 357 g/mol. The molecule has 0 fully saturated rings. The molecule has 7 nitrogen and oxygen atoms in total. The third-order valence-corrected chi connectivity index (χ3v) is 3.59. The summed E-state index contributed by atoms with van der Waals surface area (Å²) in [5.41, 5.74) is 1.82. The van der Waals surface area contributed by atoms with Gasteiger partial charge < -0.3 is 19.5 Å². The van der Waals surface area contributed by atoms with Crippen molar-refractivity contribution < 1.29 is 28.6 Å². The maximum absolute atomic E-state index is 12.0. The van der Waals surface area contributed by atoms with Gasteiger partial charge in [-0.15, -0.1) is 0 Å². The van der Waals surface area contributed by atoms with Crippen LogP contribution in [0.1, 0.15) is 26.3 Å². The van der Waals surface area contributed by atoms with Crippen LogP contribution in [0.3, 0.4) is 0 Å². The number of ether oxygens (including phenoxy) is 3. The number of benzene rings is 2. The molecular weight excluding hydrogens is 338 g/mol. The average Bonchev–Trinajstić information content (AvgIpc) is 2.67. The topological polar surface area (TPSA) is 90.9 Å². The van der Waals surface area contributed by atoms with Crippen molar-refractivity contribution in [1.82, 2.24) is 0 Å². The first-order valence-electron chi connectivity index (χ1n) is 7.74. The Kier molecular flexibility index (Phi) is 6.32. The first-order chi connectivity index (χ1) is 12.4. The highest BCUT2D eigenvalue weighted by Gasteiger charge is 2.13. The number of esters is 2. The van der Waals surface area contributed by atoms with Crippen LogP contribution < -0.4 is 10.1 Å². The molecule has 0 aliphatic rings. The summed E-state index contributed by atoms with van der Waals surface area (Å²) in [6.45, 7) is 1.33. The van der Waals surface area contributed by atoms with Crippen molar-refractivity contribution in [2.24, 2.45) is 0 Å². The Morgan fingerprint density at radius 3 is 2.19 bits per heavy atom. The SMILES string of the molecule is COC(=O)c1ccc(C)c(NC(=O)COC(=O)c2ccc(OC)cc2)c1. The third-order valence-electron chi connectivity index (χ3n) is 3.59. The lowest BCUT2D eigenvalue weighted by molar-refractivity contribution is -0.119. The van der Waals surface area contributed by atoms with Gasteiger partial charge in [-0.25, -0.2) is 9.59 Å². The fraction of sp³-hybridized carbons (Fsp3) is 0.211. The van der Waals surface area contributed by atoms with E-state index < -0.39 is 24.5 Å². The highest BCUT2D eigenvalue weighted by atomic mass is 16.5. The van der Waals surface area contributed by atoms with Crippen molar-refractivity contribution >= 4 is 23.5 Å². The summed E-state index contributed by atoms with van der Waals surface area (Å²) < 4.78 is 14.7. The molecule has 0 heterocycles. The van der Waals surface area contributed by atoms with Crippen LogP contribution in [0.4, 0.5) is 5.69 Å². The van der Waals surface area contributed by atoms with E-state index >= 15 is 0 Å². The van der Waals surface area contributed by atoms with E-state index in [1.165, 1.54) is 20.3 Å². The maximum Gasteiger partial charge on any atom is 0.338 e. The van der Waals surface area contributed by atoms with Gasteiger partial charge >= 0.3 is 11.9 Å². The molecule has 2 aromatic rings. The van der Waals surface area contributed by atoms with Crippen LogP contribution >= 0.6 is 0 Å². The van der Waals surface area contributed by atoms with Crippen LogP contribution in [0.25, 0.3) is 0 Å². The van der Waals surface area contributed by atoms with Crippen molar-refractivity contribution in [1.29, 1.82) is 0 Å². The zero-order chi connectivity index (χ0) is 19.1. The minimum Gasteiger partial charge on any atom is -0.497 e. The highest BCUT2D eigenvalue weighted by Crippen LogP contribution is 2.18. The zero-order valence-corrected chi connectivity index (χ0v) is 14.7. The Morgan fingerprint density at radius 2 is 1.58 bits per heavy atom. The Hall–Kier alpha value is -3.35. The first kappa shape index (κ1) is 19.0. The smallest absolute Gasteiger partial charge is 0.338 e. The second-order valence-corrected chi connectivity index (χ2v) is 5.37. The van der Waals surface area contributed by atoms with Crippen LogP contribution in [0, 0.1) is 6.92 Å². The van der Waals surface area contributed by atoms with E-state index in [4.69, 9.17) is 9.47 Å². The minimum absolute atomic E-state index is 0.308. The number of carbonyl (C=O) groups excluding carboxylic acids is 3. The number of aryl methyl sites for hydroxylation is 1. The average molecular weight is 357 g/mol. The molecule has 26 heavy (non-hydrogen) atoms. The molecule has 2 rings (SSSR count). The second-order valence-electron chi connectivity index (χ2n) is 5.37. The molecule has 0 aromatic heterocycles. The fourth-order valence-corrected chi connectivity index (χ4v) is 2.13. The first-order valence-corrected chi connectivity index (χ1v) is 7.74. The largest absolute Gasteiger partial charge is 0.497 e. The number of hydrogen-bond donors (Lipinski definition) is 1. The van der Waals surface area contributed by atoms with Crippen molar-refractivity contribution in [2.75, 3.05) is 26.1 Å². The molecular formula is C19H19NO6. The predicted molar refractivity (Wildman–Crippen MR) is 94.4 cm³/mol. The van der Waals surface area contributed by atoms with E-state index in [0.29, 0.717) is 22.6 Å². The summed E-state index contributed by atoms with van der Waals surface area (Å²) in [5, 5.41) is 2.61. The molecule has 0 aliphatic carbocycles. The molecule has 7 heteroatoms. The third kappa shape index (κ3) is 4.83. The number of hydrogen-bond acceptors (Lipinski definition) is 6. The quantitative estimate of drug-likeness (QED) is 0.799. The maximum atomic E-state index is 12.0. The van der Waals surface area contributed by atoms with E-state index in [0.717, 1.165) is 5.56 Å².